The van der Waals surface area contributed by atoms with Gasteiger partial charge in [-0.15, -0.1) is 0 Å². The molecule has 25 heavy (non-hydrogen) atoms. The Labute approximate surface area is 146 Å². The molecule has 3 heterocycles. The van der Waals surface area contributed by atoms with Crippen LogP contribution in [0.1, 0.15) is 5.56 Å². The molecule has 1 N–H and O–H groups in total. The van der Waals surface area contributed by atoms with Crippen LogP contribution >= 0.6 is 0 Å². The van der Waals surface area contributed by atoms with Gasteiger partial charge in [-0.1, -0.05) is 24.3 Å². The molecule has 3 aromatic heterocycles. The van der Waals surface area contributed by atoms with Gasteiger partial charge in [0, 0.05) is 43.2 Å². The van der Waals surface area contributed by atoms with E-state index in [0.29, 0.717) is 0 Å². The van der Waals surface area contributed by atoms with Crippen molar-refractivity contribution in [3.63, 3.8) is 0 Å². The molecule has 5 heteroatoms. The van der Waals surface area contributed by atoms with Crippen LogP contribution < -0.4 is 5.32 Å². The molecule has 1 aromatic carbocycles. The number of nitrogens with zero attached hydrogens (tertiary/aromatic N) is 4. The van der Waals surface area contributed by atoms with E-state index >= 15 is 0 Å². The quantitative estimate of drug-likeness (QED) is 0.603. The molecule has 0 aliphatic rings. The third kappa shape index (κ3) is 3.55. The Balaban J connectivity index is 1.40. The Morgan fingerprint density at radius 3 is 2.44 bits per heavy atom. The van der Waals surface area contributed by atoms with E-state index in [9.17, 15) is 0 Å². The molecule has 0 saturated carbocycles. The second-order valence-corrected chi connectivity index (χ2v) is 5.65. The molecule has 0 aliphatic heterocycles. The zero-order valence-corrected chi connectivity index (χ0v) is 13.6. The van der Waals surface area contributed by atoms with Crippen molar-refractivity contribution >= 4 is 5.69 Å². The van der Waals surface area contributed by atoms with Crippen LogP contribution in [0.4, 0.5) is 5.69 Å². The normalized spacial score (nSPS) is 10.6. The Hall–Kier alpha value is -3.47. The first-order valence-corrected chi connectivity index (χ1v) is 8.08. The number of hydrogen-bond acceptors (Lipinski definition) is 4. The van der Waals surface area contributed by atoms with Crippen molar-refractivity contribution in [2.75, 3.05) is 5.32 Å². The molecule has 0 bridgehead atoms. The van der Waals surface area contributed by atoms with Crippen LogP contribution in [0.25, 0.3) is 16.9 Å². The standard InChI is InChI=1S/C20H17N5/c1-3-18(15-21-10-1)17-5-7-19(8-6-17)22-13-16-4-9-20(23-14-16)25-12-2-11-24-25/h1-12,14-15,22H,13H2. The van der Waals surface area contributed by atoms with Gasteiger partial charge in [-0.2, -0.15) is 5.10 Å². The van der Waals surface area contributed by atoms with E-state index < -0.39 is 0 Å². The largest absolute Gasteiger partial charge is 0.381 e. The molecule has 0 aliphatic carbocycles. The number of aromatic nitrogens is 4. The van der Waals surface area contributed by atoms with Crippen LogP contribution in [0, 0.1) is 0 Å². The fraction of sp³-hybridized carbons (Fsp3) is 0.0500. The molecule has 0 atom stereocenters. The predicted octanol–water partition coefficient (Wildman–Crippen LogP) is 3.94. The van der Waals surface area contributed by atoms with Gasteiger partial charge in [0.05, 0.1) is 0 Å². The first kappa shape index (κ1) is 15.1. The first-order chi connectivity index (χ1) is 12.4. The summed E-state index contributed by atoms with van der Waals surface area (Å²) < 4.78 is 1.74. The van der Waals surface area contributed by atoms with E-state index in [1.807, 2.05) is 36.8 Å². The summed E-state index contributed by atoms with van der Waals surface area (Å²) in [7, 11) is 0. The van der Waals surface area contributed by atoms with Crippen LogP contribution in [0.3, 0.4) is 0 Å². The lowest BCUT2D eigenvalue weighted by molar-refractivity contribution is 0.843. The van der Waals surface area contributed by atoms with Crippen molar-refractivity contribution in [1.29, 1.82) is 0 Å². The maximum Gasteiger partial charge on any atom is 0.153 e. The van der Waals surface area contributed by atoms with Gasteiger partial charge in [-0.3, -0.25) is 4.98 Å². The van der Waals surface area contributed by atoms with Crippen LogP contribution in [-0.4, -0.2) is 19.7 Å². The summed E-state index contributed by atoms with van der Waals surface area (Å²) in [5.74, 6) is 0.814. The highest BCUT2D eigenvalue weighted by Crippen LogP contribution is 2.20. The van der Waals surface area contributed by atoms with Crippen molar-refractivity contribution in [3.05, 3.63) is 91.1 Å². The molecule has 0 fully saturated rings. The number of rotatable bonds is 5. The minimum Gasteiger partial charge on any atom is -0.381 e. The Morgan fingerprint density at radius 2 is 1.76 bits per heavy atom. The monoisotopic (exact) mass is 327 g/mol. The van der Waals surface area contributed by atoms with E-state index in [1.54, 1.807) is 17.1 Å². The average molecular weight is 327 g/mol. The smallest absolute Gasteiger partial charge is 0.153 e. The third-order valence-electron chi connectivity index (χ3n) is 3.92. The lowest BCUT2D eigenvalue weighted by Crippen LogP contribution is -2.02. The Bertz CT molecular complexity index is 914. The number of nitrogens with one attached hydrogen (secondary N) is 1. The molecule has 0 radical (unpaired) electrons. The van der Waals surface area contributed by atoms with Crippen molar-refractivity contribution in [2.45, 2.75) is 6.54 Å². The van der Waals surface area contributed by atoms with Gasteiger partial charge in [-0.25, -0.2) is 9.67 Å². The second-order valence-electron chi connectivity index (χ2n) is 5.65. The van der Waals surface area contributed by atoms with Crippen molar-refractivity contribution in [1.82, 2.24) is 19.7 Å². The van der Waals surface area contributed by atoms with Gasteiger partial charge in [0.15, 0.2) is 5.82 Å². The summed E-state index contributed by atoms with van der Waals surface area (Å²) in [6.45, 7) is 0.721. The predicted molar refractivity (Wildman–Crippen MR) is 98.4 cm³/mol. The molecular weight excluding hydrogens is 310 g/mol. The maximum absolute atomic E-state index is 4.44. The zero-order chi connectivity index (χ0) is 16.9. The molecule has 0 unspecified atom stereocenters. The van der Waals surface area contributed by atoms with E-state index in [4.69, 9.17) is 0 Å². The van der Waals surface area contributed by atoms with Crippen LogP contribution in [0.2, 0.25) is 0 Å². The number of pyridine rings is 2. The van der Waals surface area contributed by atoms with Gasteiger partial charge >= 0.3 is 0 Å². The lowest BCUT2D eigenvalue weighted by atomic mass is 10.1. The number of benzene rings is 1. The van der Waals surface area contributed by atoms with Crippen LogP contribution in [0.15, 0.2) is 85.6 Å². The molecule has 5 nitrogen and oxygen atoms in total. The topological polar surface area (TPSA) is 55.6 Å². The number of anilines is 1. The summed E-state index contributed by atoms with van der Waals surface area (Å²) >= 11 is 0. The van der Waals surface area contributed by atoms with Crippen molar-refractivity contribution in [2.24, 2.45) is 0 Å². The van der Waals surface area contributed by atoms with Crippen LogP contribution in [0.5, 0.6) is 0 Å². The second kappa shape index (κ2) is 6.97. The van der Waals surface area contributed by atoms with E-state index in [1.165, 1.54) is 0 Å². The summed E-state index contributed by atoms with van der Waals surface area (Å²) in [5.41, 5.74) is 4.47. The van der Waals surface area contributed by atoms with E-state index in [0.717, 1.165) is 34.7 Å². The van der Waals surface area contributed by atoms with Gasteiger partial charge in [0.25, 0.3) is 0 Å². The molecule has 4 rings (SSSR count). The Morgan fingerprint density at radius 1 is 0.840 bits per heavy atom. The lowest BCUT2D eigenvalue weighted by Gasteiger charge is -2.08. The van der Waals surface area contributed by atoms with Crippen LogP contribution in [-0.2, 0) is 6.54 Å². The molecule has 122 valence electrons. The maximum atomic E-state index is 4.44. The SMILES string of the molecule is c1cncc(-c2ccc(NCc3ccc(-n4cccn4)nc3)cc2)c1. The fourth-order valence-corrected chi connectivity index (χ4v) is 2.58. The zero-order valence-electron chi connectivity index (χ0n) is 13.6. The molecule has 0 spiro atoms. The summed E-state index contributed by atoms with van der Waals surface area (Å²) in [6, 6.07) is 18.3. The summed E-state index contributed by atoms with van der Waals surface area (Å²) in [5, 5.41) is 7.59. The van der Waals surface area contributed by atoms with Gasteiger partial charge < -0.3 is 5.32 Å². The third-order valence-corrected chi connectivity index (χ3v) is 3.92. The highest BCUT2D eigenvalue weighted by atomic mass is 15.3. The van der Waals surface area contributed by atoms with E-state index in [-0.39, 0.29) is 0 Å². The summed E-state index contributed by atoms with van der Waals surface area (Å²) in [4.78, 5) is 8.60. The van der Waals surface area contributed by atoms with E-state index in [2.05, 4.69) is 56.8 Å². The molecule has 4 aromatic rings. The number of hydrogen-bond donors (Lipinski definition) is 1. The molecular formula is C20H17N5. The minimum atomic E-state index is 0.721. The first-order valence-electron chi connectivity index (χ1n) is 8.08. The fourth-order valence-electron chi connectivity index (χ4n) is 2.58. The van der Waals surface area contributed by atoms with Crippen molar-refractivity contribution < 1.29 is 0 Å². The highest BCUT2D eigenvalue weighted by molar-refractivity contribution is 5.65. The molecule has 0 saturated heterocycles. The highest BCUT2D eigenvalue weighted by Gasteiger charge is 2.00. The summed E-state index contributed by atoms with van der Waals surface area (Å²) in [6.07, 6.45) is 9.14. The van der Waals surface area contributed by atoms with Gasteiger partial charge in [0.1, 0.15) is 0 Å². The Kier molecular flexibility index (Phi) is 4.20. The molecule has 0 amide bonds. The average Bonchev–Trinajstić information content (AvgIpc) is 3.23. The van der Waals surface area contributed by atoms with Gasteiger partial charge in [-0.05, 0) is 47.0 Å². The van der Waals surface area contributed by atoms with Gasteiger partial charge in [0.2, 0.25) is 0 Å². The minimum absolute atomic E-state index is 0.721. The van der Waals surface area contributed by atoms with Crippen molar-refractivity contribution in [3.8, 4) is 16.9 Å².